The van der Waals surface area contributed by atoms with Gasteiger partial charge in [-0.25, -0.2) is 0 Å². The zero-order valence-electron chi connectivity index (χ0n) is 15.4. The van der Waals surface area contributed by atoms with Crippen molar-refractivity contribution < 1.29 is 0 Å². The van der Waals surface area contributed by atoms with E-state index in [-0.39, 0.29) is 0 Å². The summed E-state index contributed by atoms with van der Waals surface area (Å²) in [5.41, 5.74) is 0. The van der Waals surface area contributed by atoms with Gasteiger partial charge in [0.05, 0.1) is 5.00 Å². The second-order valence-electron chi connectivity index (χ2n) is 7.98. The SMILES string of the molecule is CN=C(NC1CCN(c2cccs2)CC1)NC1CC1C1CCCCC1. The summed E-state index contributed by atoms with van der Waals surface area (Å²) in [6.07, 6.45) is 11.0. The molecular weight excluding hydrogens is 328 g/mol. The summed E-state index contributed by atoms with van der Waals surface area (Å²) in [7, 11) is 1.91. The van der Waals surface area contributed by atoms with Crippen LogP contribution in [0.4, 0.5) is 5.00 Å². The van der Waals surface area contributed by atoms with Gasteiger partial charge in [-0.3, -0.25) is 4.99 Å². The summed E-state index contributed by atoms with van der Waals surface area (Å²) in [6, 6.07) is 5.60. The molecular formula is C20H32N4S. The van der Waals surface area contributed by atoms with E-state index >= 15 is 0 Å². The molecule has 4 nitrogen and oxygen atoms in total. The highest BCUT2D eigenvalue weighted by molar-refractivity contribution is 7.14. The van der Waals surface area contributed by atoms with Crippen molar-refractivity contribution in [3.8, 4) is 0 Å². The Bertz CT molecular complexity index is 556. The number of thiophene rings is 1. The van der Waals surface area contributed by atoms with Crippen LogP contribution in [0.3, 0.4) is 0 Å². The molecule has 2 atom stereocenters. The molecule has 1 saturated heterocycles. The molecule has 1 aliphatic heterocycles. The van der Waals surface area contributed by atoms with Crippen LogP contribution in [-0.4, -0.2) is 38.2 Å². The Morgan fingerprint density at radius 2 is 1.92 bits per heavy atom. The summed E-state index contributed by atoms with van der Waals surface area (Å²) in [4.78, 5) is 7.01. The third-order valence-electron chi connectivity index (χ3n) is 6.29. The smallest absolute Gasteiger partial charge is 0.191 e. The fourth-order valence-corrected chi connectivity index (χ4v) is 5.48. The van der Waals surface area contributed by atoms with Crippen molar-refractivity contribution in [1.29, 1.82) is 0 Å². The molecule has 5 heteroatoms. The molecule has 0 aromatic carbocycles. The number of hydrogen-bond acceptors (Lipinski definition) is 3. The van der Waals surface area contributed by atoms with Crippen LogP contribution in [-0.2, 0) is 0 Å². The zero-order chi connectivity index (χ0) is 17.1. The number of guanidine groups is 1. The van der Waals surface area contributed by atoms with Gasteiger partial charge in [-0.05, 0) is 48.6 Å². The van der Waals surface area contributed by atoms with Gasteiger partial charge in [-0.15, -0.1) is 11.3 Å². The normalized spacial score (nSPS) is 28.8. The van der Waals surface area contributed by atoms with E-state index in [9.17, 15) is 0 Å². The van der Waals surface area contributed by atoms with Crippen LogP contribution in [0.5, 0.6) is 0 Å². The number of anilines is 1. The van der Waals surface area contributed by atoms with Crippen molar-refractivity contribution in [2.45, 2.75) is 63.5 Å². The molecule has 2 heterocycles. The predicted octanol–water partition coefficient (Wildman–Crippen LogP) is 3.85. The van der Waals surface area contributed by atoms with Gasteiger partial charge in [0, 0.05) is 32.2 Å². The average molecular weight is 361 g/mol. The minimum absolute atomic E-state index is 0.550. The monoisotopic (exact) mass is 360 g/mol. The molecule has 0 spiro atoms. The quantitative estimate of drug-likeness (QED) is 0.633. The van der Waals surface area contributed by atoms with E-state index in [1.165, 1.54) is 56.4 Å². The molecule has 0 radical (unpaired) electrons. The number of hydrogen-bond donors (Lipinski definition) is 2. The lowest BCUT2D eigenvalue weighted by atomic mass is 9.85. The van der Waals surface area contributed by atoms with E-state index in [1.807, 2.05) is 18.4 Å². The van der Waals surface area contributed by atoms with E-state index < -0.39 is 0 Å². The maximum Gasteiger partial charge on any atom is 0.191 e. The van der Waals surface area contributed by atoms with Crippen LogP contribution in [0.25, 0.3) is 0 Å². The lowest BCUT2D eigenvalue weighted by molar-refractivity contribution is 0.315. The fraction of sp³-hybridized carbons (Fsp3) is 0.750. The van der Waals surface area contributed by atoms with Crippen molar-refractivity contribution in [1.82, 2.24) is 10.6 Å². The Morgan fingerprint density at radius 1 is 1.12 bits per heavy atom. The molecule has 1 aromatic heterocycles. The summed E-state index contributed by atoms with van der Waals surface area (Å²) in [6.45, 7) is 2.28. The van der Waals surface area contributed by atoms with Gasteiger partial charge in [0.25, 0.3) is 0 Å². The number of nitrogens with zero attached hydrogens (tertiary/aromatic N) is 2. The predicted molar refractivity (Wildman–Crippen MR) is 108 cm³/mol. The summed E-state index contributed by atoms with van der Waals surface area (Å²) < 4.78 is 0. The molecule has 2 N–H and O–H groups in total. The maximum atomic E-state index is 4.49. The highest BCUT2D eigenvalue weighted by atomic mass is 32.1. The minimum Gasteiger partial charge on any atom is -0.363 e. The third-order valence-corrected chi connectivity index (χ3v) is 7.22. The summed E-state index contributed by atoms with van der Waals surface area (Å²) >= 11 is 1.85. The van der Waals surface area contributed by atoms with Gasteiger partial charge in [-0.1, -0.05) is 32.1 Å². The molecule has 3 fully saturated rings. The molecule has 25 heavy (non-hydrogen) atoms. The first kappa shape index (κ1) is 17.2. The second-order valence-corrected chi connectivity index (χ2v) is 8.90. The van der Waals surface area contributed by atoms with Crippen molar-refractivity contribution in [3.63, 3.8) is 0 Å². The number of piperidine rings is 1. The van der Waals surface area contributed by atoms with Crippen LogP contribution in [0.15, 0.2) is 22.5 Å². The topological polar surface area (TPSA) is 39.7 Å². The molecule has 4 rings (SSSR count). The molecule has 0 bridgehead atoms. The molecule has 138 valence electrons. The van der Waals surface area contributed by atoms with Crippen molar-refractivity contribution >= 4 is 22.3 Å². The molecule has 2 aliphatic carbocycles. The molecule has 0 amide bonds. The summed E-state index contributed by atoms with van der Waals surface area (Å²) in [5.74, 6) is 2.90. The number of rotatable bonds is 4. The molecule has 3 aliphatic rings. The Balaban J connectivity index is 1.21. The van der Waals surface area contributed by atoms with Crippen LogP contribution >= 0.6 is 11.3 Å². The van der Waals surface area contributed by atoms with Crippen molar-refractivity contribution in [2.24, 2.45) is 16.8 Å². The fourth-order valence-electron chi connectivity index (χ4n) is 4.70. The first-order valence-electron chi connectivity index (χ1n) is 10.1. The highest BCUT2D eigenvalue weighted by Crippen LogP contribution is 2.44. The van der Waals surface area contributed by atoms with Gasteiger partial charge in [0.2, 0.25) is 0 Å². The van der Waals surface area contributed by atoms with E-state index in [4.69, 9.17) is 0 Å². The number of aliphatic imine (C=N–C) groups is 1. The van der Waals surface area contributed by atoms with Gasteiger partial charge < -0.3 is 15.5 Å². The zero-order valence-corrected chi connectivity index (χ0v) is 16.2. The van der Waals surface area contributed by atoms with Gasteiger partial charge in [0.1, 0.15) is 0 Å². The lowest BCUT2D eigenvalue weighted by Gasteiger charge is -2.33. The second kappa shape index (κ2) is 7.98. The Labute approximate surface area is 156 Å². The van der Waals surface area contributed by atoms with Crippen LogP contribution in [0.1, 0.15) is 51.4 Å². The van der Waals surface area contributed by atoms with E-state index in [0.717, 1.165) is 30.9 Å². The van der Waals surface area contributed by atoms with Gasteiger partial charge >= 0.3 is 0 Å². The van der Waals surface area contributed by atoms with Crippen LogP contribution < -0.4 is 15.5 Å². The highest BCUT2D eigenvalue weighted by Gasteiger charge is 2.43. The van der Waals surface area contributed by atoms with E-state index in [0.29, 0.717) is 12.1 Å². The first-order chi connectivity index (χ1) is 12.3. The Kier molecular flexibility index (Phi) is 5.49. The van der Waals surface area contributed by atoms with E-state index in [2.05, 4.69) is 38.0 Å². The number of nitrogens with one attached hydrogen (secondary N) is 2. The standard InChI is InChI=1S/C20H32N4S/c1-21-20(23-18-14-17(18)15-6-3-2-4-7-15)22-16-9-11-24(12-10-16)19-8-5-13-25-19/h5,8,13,15-18H,2-4,6-7,9-12,14H2,1H3,(H2,21,22,23). The summed E-state index contributed by atoms with van der Waals surface area (Å²) in [5, 5.41) is 11.0. The first-order valence-corrected chi connectivity index (χ1v) is 11.0. The van der Waals surface area contributed by atoms with Gasteiger partial charge in [-0.2, -0.15) is 0 Å². The maximum absolute atomic E-state index is 4.49. The van der Waals surface area contributed by atoms with Crippen LogP contribution in [0.2, 0.25) is 0 Å². The third kappa shape index (κ3) is 4.30. The molecule has 1 aromatic rings. The van der Waals surface area contributed by atoms with Crippen molar-refractivity contribution in [2.75, 3.05) is 25.0 Å². The van der Waals surface area contributed by atoms with Crippen LogP contribution in [0, 0.1) is 11.8 Å². The van der Waals surface area contributed by atoms with E-state index in [1.54, 1.807) is 0 Å². The largest absolute Gasteiger partial charge is 0.363 e. The average Bonchev–Trinajstić information content (AvgIpc) is 3.21. The minimum atomic E-state index is 0.550. The van der Waals surface area contributed by atoms with Crippen molar-refractivity contribution in [3.05, 3.63) is 17.5 Å². The lowest BCUT2D eigenvalue weighted by Crippen LogP contribution is -2.49. The molecule has 2 unspecified atom stereocenters. The Morgan fingerprint density at radius 3 is 2.60 bits per heavy atom. The van der Waals surface area contributed by atoms with Gasteiger partial charge in [0.15, 0.2) is 5.96 Å². The molecule has 2 saturated carbocycles. The Hall–Kier alpha value is -1.23.